The summed E-state index contributed by atoms with van der Waals surface area (Å²) in [5.41, 5.74) is 7.40. The van der Waals surface area contributed by atoms with Crippen LogP contribution in [0.3, 0.4) is 0 Å². The number of hydrogen-bond donors (Lipinski definition) is 1. The number of rotatable bonds is 2. The summed E-state index contributed by atoms with van der Waals surface area (Å²) in [6.45, 7) is 2.52. The average Bonchev–Trinajstić information content (AvgIpc) is 2.76. The fourth-order valence-electron chi connectivity index (χ4n) is 2.06. The molecule has 1 aromatic carbocycles. The van der Waals surface area contributed by atoms with Gasteiger partial charge in [-0.2, -0.15) is 0 Å². The van der Waals surface area contributed by atoms with Gasteiger partial charge in [-0.3, -0.25) is 0 Å². The number of nitrogens with two attached hydrogens (primary N) is 1. The second-order valence-corrected chi connectivity index (χ2v) is 4.23. The highest BCUT2D eigenvalue weighted by molar-refractivity contribution is 5.70. The standard InChI is InChI=1S/C12H14N2O4/c13-9-6-11-10(16-3-4-17-11)5-8(9)7-14-1-2-18-12(14)15/h5-6H,1-4,7,13H2. The minimum atomic E-state index is -0.302. The number of anilines is 1. The van der Waals surface area contributed by atoms with Crippen molar-refractivity contribution < 1.29 is 19.0 Å². The van der Waals surface area contributed by atoms with Gasteiger partial charge in [0, 0.05) is 11.8 Å². The highest BCUT2D eigenvalue weighted by atomic mass is 16.6. The van der Waals surface area contributed by atoms with Gasteiger partial charge in [0.25, 0.3) is 0 Å². The number of nitrogens with zero attached hydrogens (tertiary/aromatic N) is 1. The van der Waals surface area contributed by atoms with Gasteiger partial charge in [-0.1, -0.05) is 0 Å². The molecule has 3 rings (SSSR count). The van der Waals surface area contributed by atoms with Crippen molar-refractivity contribution in [2.75, 3.05) is 32.1 Å². The van der Waals surface area contributed by atoms with Crippen molar-refractivity contribution in [3.63, 3.8) is 0 Å². The van der Waals surface area contributed by atoms with Gasteiger partial charge in [-0.15, -0.1) is 0 Å². The first-order valence-electron chi connectivity index (χ1n) is 5.84. The van der Waals surface area contributed by atoms with Gasteiger partial charge in [-0.25, -0.2) is 4.79 Å². The lowest BCUT2D eigenvalue weighted by atomic mass is 10.1. The predicted molar refractivity (Wildman–Crippen MR) is 63.6 cm³/mol. The minimum Gasteiger partial charge on any atom is -0.486 e. The molecule has 6 heteroatoms. The van der Waals surface area contributed by atoms with Gasteiger partial charge in [-0.05, 0) is 11.6 Å². The number of nitrogen functional groups attached to an aromatic ring is 1. The van der Waals surface area contributed by atoms with Crippen molar-refractivity contribution >= 4 is 11.8 Å². The van der Waals surface area contributed by atoms with E-state index in [9.17, 15) is 4.79 Å². The molecule has 0 atom stereocenters. The number of carbonyl (C=O) groups excluding carboxylic acids is 1. The lowest BCUT2D eigenvalue weighted by Gasteiger charge is -2.21. The molecule has 1 saturated heterocycles. The Morgan fingerprint density at radius 3 is 2.50 bits per heavy atom. The van der Waals surface area contributed by atoms with Gasteiger partial charge in [0.05, 0.1) is 13.1 Å². The molecule has 0 bridgehead atoms. The van der Waals surface area contributed by atoms with Crippen molar-refractivity contribution in [3.8, 4) is 11.5 Å². The number of fused-ring (bicyclic) bond motifs is 1. The summed E-state index contributed by atoms with van der Waals surface area (Å²) in [6, 6.07) is 3.57. The molecular weight excluding hydrogens is 236 g/mol. The van der Waals surface area contributed by atoms with Crippen LogP contribution in [0.5, 0.6) is 11.5 Å². The summed E-state index contributed by atoms with van der Waals surface area (Å²) in [5.74, 6) is 1.34. The zero-order valence-electron chi connectivity index (χ0n) is 9.85. The van der Waals surface area contributed by atoms with Crippen molar-refractivity contribution in [1.82, 2.24) is 4.90 Å². The molecule has 1 amide bonds. The largest absolute Gasteiger partial charge is 0.486 e. The van der Waals surface area contributed by atoms with E-state index >= 15 is 0 Å². The van der Waals surface area contributed by atoms with Crippen LogP contribution in [-0.4, -0.2) is 37.4 Å². The lowest BCUT2D eigenvalue weighted by Crippen LogP contribution is -2.24. The zero-order valence-corrected chi connectivity index (χ0v) is 9.85. The number of cyclic esters (lactones) is 1. The van der Waals surface area contributed by atoms with E-state index in [0.717, 1.165) is 5.56 Å². The van der Waals surface area contributed by atoms with Crippen LogP contribution in [0.25, 0.3) is 0 Å². The van der Waals surface area contributed by atoms with Crippen LogP contribution >= 0.6 is 0 Å². The summed E-state index contributed by atoms with van der Waals surface area (Å²) in [6.07, 6.45) is -0.302. The van der Waals surface area contributed by atoms with Gasteiger partial charge in [0.2, 0.25) is 0 Å². The van der Waals surface area contributed by atoms with Crippen LogP contribution in [0, 0.1) is 0 Å². The summed E-state index contributed by atoms with van der Waals surface area (Å²) < 4.78 is 15.8. The SMILES string of the molecule is Nc1cc2c(cc1CN1CCOC1=O)OCCO2. The molecule has 2 heterocycles. The van der Waals surface area contributed by atoms with Gasteiger partial charge < -0.3 is 24.8 Å². The van der Waals surface area contributed by atoms with Crippen LogP contribution in [0.4, 0.5) is 10.5 Å². The van der Waals surface area contributed by atoms with E-state index in [-0.39, 0.29) is 6.09 Å². The molecule has 2 N–H and O–H groups in total. The first-order chi connectivity index (χ1) is 8.74. The Morgan fingerprint density at radius 2 is 1.83 bits per heavy atom. The number of benzene rings is 1. The fraction of sp³-hybridized carbons (Fsp3) is 0.417. The molecule has 2 aliphatic rings. The van der Waals surface area contributed by atoms with Crippen LogP contribution in [-0.2, 0) is 11.3 Å². The van der Waals surface area contributed by atoms with Gasteiger partial charge in [0.1, 0.15) is 19.8 Å². The maximum absolute atomic E-state index is 11.4. The Morgan fingerprint density at radius 1 is 1.11 bits per heavy atom. The molecule has 96 valence electrons. The highest BCUT2D eigenvalue weighted by Gasteiger charge is 2.24. The number of carbonyl (C=O) groups is 1. The maximum atomic E-state index is 11.4. The summed E-state index contributed by atoms with van der Waals surface area (Å²) in [5, 5.41) is 0. The quantitative estimate of drug-likeness (QED) is 0.792. The molecule has 0 radical (unpaired) electrons. The third-order valence-corrected chi connectivity index (χ3v) is 3.01. The molecule has 1 fully saturated rings. The molecule has 1 aromatic rings. The van der Waals surface area contributed by atoms with E-state index in [0.29, 0.717) is 50.1 Å². The van der Waals surface area contributed by atoms with E-state index in [4.69, 9.17) is 19.9 Å². The minimum absolute atomic E-state index is 0.302. The Balaban J connectivity index is 1.85. The van der Waals surface area contributed by atoms with E-state index in [1.54, 1.807) is 11.0 Å². The van der Waals surface area contributed by atoms with Crippen molar-refractivity contribution in [3.05, 3.63) is 17.7 Å². The normalized spacial score (nSPS) is 17.8. The fourth-order valence-corrected chi connectivity index (χ4v) is 2.06. The van der Waals surface area contributed by atoms with E-state index in [2.05, 4.69) is 0 Å². The molecule has 0 saturated carbocycles. The van der Waals surface area contributed by atoms with Crippen molar-refractivity contribution in [1.29, 1.82) is 0 Å². The van der Waals surface area contributed by atoms with Crippen LogP contribution in [0.1, 0.15) is 5.56 Å². The molecule has 0 aliphatic carbocycles. The topological polar surface area (TPSA) is 74.0 Å². The van der Waals surface area contributed by atoms with Crippen LogP contribution in [0.2, 0.25) is 0 Å². The molecule has 2 aliphatic heterocycles. The molecule has 6 nitrogen and oxygen atoms in total. The lowest BCUT2D eigenvalue weighted by molar-refractivity contribution is 0.157. The second-order valence-electron chi connectivity index (χ2n) is 4.23. The van der Waals surface area contributed by atoms with E-state index in [1.165, 1.54) is 0 Å². The van der Waals surface area contributed by atoms with Crippen molar-refractivity contribution in [2.24, 2.45) is 0 Å². The van der Waals surface area contributed by atoms with Crippen LogP contribution in [0.15, 0.2) is 12.1 Å². The first kappa shape index (κ1) is 11.0. The molecule has 0 aromatic heterocycles. The van der Waals surface area contributed by atoms with E-state index in [1.807, 2.05) is 6.07 Å². The Bertz CT molecular complexity index is 489. The molecule has 0 spiro atoms. The summed E-state index contributed by atoms with van der Waals surface area (Å²) in [7, 11) is 0. The number of hydrogen-bond acceptors (Lipinski definition) is 5. The Labute approximate surface area is 104 Å². The monoisotopic (exact) mass is 250 g/mol. The predicted octanol–water partition coefficient (Wildman–Crippen LogP) is 0.992. The smallest absolute Gasteiger partial charge is 0.410 e. The highest BCUT2D eigenvalue weighted by Crippen LogP contribution is 2.35. The molecule has 0 unspecified atom stereocenters. The summed E-state index contributed by atoms with van der Waals surface area (Å²) in [4.78, 5) is 13.0. The third-order valence-electron chi connectivity index (χ3n) is 3.01. The van der Waals surface area contributed by atoms with Gasteiger partial charge in [0.15, 0.2) is 11.5 Å². The Hall–Kier alpha value is -2.11. The zero-order chi connectivity index (χ0) is 12.5. The molecule has 18 heavy (non-hydrogen) atoms. The number of amides is 1. The third kappa shape index (κ3) is 1.90. The van der Waals surface area contributed by atoms with E-state index < -0.39 is 0 Å². The maximum Gasteiger partial charge on any atom is 0.410 e. The Kier molecular flexibility index (Phi) is 2.62. The number of ether oxygens (including phenoxy) is 3. The summed E-state index contributed by atoms with van der Waals surface area (Å²) >= 11 is 0. The first-order valence-corrected chi connectivity index (χ1v) is 5.84. The van der Waals surface area contributed by atoms with Crippen LogP contribution < -0.4 is 15.2 Å². The molecular formula is C12H14N2O4. The van der Waals surface area contributed by atoms with Crippen molar-refractivity contribution in [2.45, 2.75) is 6.54 Å². The average molecular weight is 250 g/mol. The second kappa shape index (κ2) is 4.29. The van der Waals surface area contributed by atoms with Gasteiger partial charge >= 0.3 is 6.09 Å².